The number of esters is 1. The van der Waals surface area contributed by atoms with E-state index in [-0.39, 0.29) is 23.8 Å². The number of hydrogen-bond acceptors (Lipinski definition) is 4. The molecule has 0 unspecified atom stereocenters. The lowest BCUT2D eigenvalue weighted by atomic mass is 9.96. The molecule has 0 aliphatic heterocycles. The van der Waals surface area contributed by atoms with E-state index in [4.69, 9.17) is 4.74 Å². The molecule has 1 fully saturated rings. The lowest BCUT2D eigenvalue weighted by Crippen LogP contribution is -2.26. The van der Waals surface area contributed by atoms with Crippen LogP contribution in [0.3, 0.4) is 0 Å². The number of halogens is 2. The number of hydrogen-bond donors (Lipinski definition) is 1. The van der Waals surface area contributed by atoms with Crippen LogP contribution in [-0.4, -0.2) is 27.7 Å². The Balaban J connectivity index is 1.77. The summed E-state index contributed by atoms with van der Waals surface area (Å²) in [6.07, 6.45) is 2.62. The van der Waals surface area contributed by atoms with Crippen molar-refractivity contribution in [2.24, 2.45) is 0 Å². The molecule has 5 nitrogen and oxygen atoms in total. The molecule has 3 aromatic rings. The molecule has 29 heavy (non-hydrogen) atoms. The highest BCUT2D eigenvalue weighted by Crippen LogP contribution is 2.31. The van der Waals surface area contributed by atoms with Gasteiger partial charge in [-0.05, 0) is 68.1 Å². The molecule has 0 atom stereocenters. The molecule has 0 saturated heterocycles. The van der Waals surface area contributed by atoms with Gasteiger partial charge in [-0.25, -0.2) is 8.78 Å². The molecular formula is C22H19F2NO4. The normalized spacial score (nSPS) is 14.0. The van der Waals surface area contributed by atoms with E-state index in [0.717, 1.165) is 31.4 Å². The molecule has 0 bridgehead atoms. The lowest BCUT2D eigenvalue weighted by molar-refractivity contribution is -0.152. The van der Waals surface area contributed by atoms with E-state index in [1.54, 1.807) is 13.0 Å². The van der Waals surface area contributed by atoms with Gasteiger partial charge >= 0.3 is 5.97 Å². The molecule has 1 aliphatic rings. The van der Waals surface area contributed by atoms with E-state index >= 15 is 0 Å². The highest BCUT2D eigenvalue weighted by Gasteiger charge is 2.25. The predicted octanol–water partition coefficient (Wildman–Crippen LogP) is 4.26. The number of carbonyl (C=O) groups is 2. The highest BCUT2D eigenvalue weighted by atomic mass is 19.2. The van der Waals surface area contributed by atoms with Crippen LogP contribution in [0.1, 0.15) is 40.9 Å². The summed E-state index contributed by atoms with van der Waals surface area (Å²) in [6, 6.07) is 7.39. The maximum absolute atomic E-state index is 13.6. The quantitative estimate of drug-likeness (QED) is 0.666. The van der Waals surface area contributed by atoms with Crippen LogP contribution in [0.2, 0.25) is 0 Å². The molecule has 1 aliphatic carbocycles. The average Bonchev–Trinajstić information content (AvgIpc) is 2.91. The summed E-state index contributed by atoms with van der Waals surface area (Å²) in [5, 5.41) is 10.4. The zero-order chi connectivity index (χ0) is 20.7. The number of aromatic nitrogens is 1. The van der Waals surface area contributed by atoms with Gasteiger partial charge in [0.25, 0.3) is 5.91 Å². The Kier molecular flexibility index (Phi) is 4.82. The molecule has 0 radical (unpaired) electrons. The lowest BCUT2D eigenvalue weighted by Gasteiger charge is -2.25. The molecular weight excluding hydrogens is 380 g/mol. The third kappa shape index (κ3) is 3.48. The van der Waals surface area contributed by atoms with Crippen LogP contribution in [0.15, 0.2) is 36.4 Å². The van der Waals surface area contributed by atoms with Gasteiger partial charge in [0, 0.05) is 16.6 Å². The molecule has 2 aromatic carbocycles. The van der Waals surface area contributed by atoms with E-state index in [1.165, 1.54) is 22.8 Å². The van der Waals surface area contributed by atoms with Crippen molar-refractivity contribution in [3.8, 4) is 5.75 Å². The summed E-state index contributed by atoms with van der Waals surface area (Å²) in [7, 11) is 0. The predicted molar refractivity (Wildman–Crippen MR) is 102 cm³/mol. The van der Waals surface area contributed by atoms with Gasteiger partial charge in [0.15, 0.2) is 11.6 Å². The first-order valence-corrected chi connectivity index (χ1v) is 9.37. The Labute approximate surface area is 165 Å². The zero-order valence-electron chi connectivity index (χ0n) is 15.7. The Morgan fingerprint density at radius 3 is 2.55 bits per heavy atom. The van der Waals surface area contributed by atoms with Gasteiger partial charge in [0.05, 0.1) is 11.9 Å². The first kappa shape index (κ1) is 19.1. The van der Waals surface area contributed by atoms with E-state index in [2.05, 4.69) is 0 Å². The number of nitrogens with zero attached hydrogens (tertiary/aromatic N) is 1. The van der Waals surface area contributed by atoms with Gasteiger partial charge in [-0.2, -0.15) is 0 Å². The molecule has 0 spiro atoms. The molecule has 7 heteroatoms. The minimum absolute atomic E-state index is 0.0106. The Morgan fingerprint density at radius 1 is 1.14 bits per heavy atom. The van der Waals surface area contributed by atoms with Crippen LogP contribution in [0, 0.1) is 18.6 Å². The number of benzene rings is 2. The van der Waals surface area contributed by atoms with E-state index in [1.807, 2.05) is 0 Å². The first-order valence-electron chi connectivity index (χ1n) is 9.37. The third-order valence-electron chi connectivity index (χ3n) is 5.36. The SMILES string of the molecule is Cc1c(CC(=O)OC2CCC2)c2cc(O)ccc2n1C(=O)c1ccc(F)c(F)c1. The van der Waals surface area contributed by atoms with E-state index in [9.17, 15) is 23.5 Å². The second-order valence-electron chi connectivity index (χ2n) is 7.25. The van der Waals surface area contributed by atoms with Crippen molar-refractivity contribution in [3.63, 3.8) is 0 Å². The third-order valence-corrected chi connectivity index (χ3v) is 5.36. The number of aromatic hydroxyl groups is 1. The number of phenols is 1. The zero-order valence-corrected chi connectivity index (χ0v) is 15.7. The van der Waals surface area contributed by atoms with Gasteiger partial charge in [0.2, 0.25) is 0 Å². The minimum atomic E-state index is -1.12. The average molecular weight is 399 g/mol. The fourth-order valence-corrected chi connectivity index (χ4v) is 3.57. The van der Waals surface area contributed by atoms with Crippen LogP contribution in [0.5, 0.6) is 5.75 Å². The summed E-state index contributed by atoms with van der Waals surface area (Å²) in [5.74, 6) is -3.13. The number of ether oxygens (including phenoxy) is 1. The van der Waals surface area contributed by atoms with Crippen molar-refractivity contribution in [3.05, 3.63) is 64.9 Å². The van der Waals surface area contributed by atoms with Gasteiger partial charge in [0.1, 0.15) is 11.9 Å². The van der Waals surface area contributed by atoms with Crippen molar-refractivity contribution in [2.45, 2.75) is 38.7 Å². The summed E-state index contributed by atoms with van der Waals surface area (Å²) in [4.78, 5) is 25.4. The van der Waals surface area contributed by atoms with Crippen molar-refractivity contribution >= 4 is 22.8 Å². The highest BCUT2D eigenvalue weighted by molar-refractivity contribution is 6.05. The Bertz CT molecular complexity index is 1130. The second-order valence-corrected chi connectivity index (χ2v) is 7.25. The summed E-state index contributed by atoms with van der Waals surface area (Å²) < 4.78 is 33.6. The van der Waals surface area contributed by atoms with Crippen molar-refractivity contribution in [1.82, 2.24) is 4.57 Å². The van der Waals surface area contributed by atoms with Crippen molar-refractivity contribution in [2.75, 3.05) is 0 Å². The maximum Gasteiger partial charge on any atom is 0.310 e. The van der Waals surface area contributed by atoms with Gasteiger partial charge in [-0.1, -0.05) is 0 Å². The van der Waals surface area contributed by atoms with Crippen LogP contribution in [0.25, 0.3) is 10.9 Å². The molecule has 0 amide bonds. The maximum atomic E-state index is 13.6. The van der Waals surface area contributed by atoms with Crippen LogP contribution >= 0.6 is 0 Å². The number of carbonyl (C=O) groups excluding carboxylic acids is 2. The molecule has 1 N–H and O–H groups in total. The molecule has 150 valence electrons. The van der Waals surface area contributed by atoms with Gasteiger partial charge in [-0.15, -0.1) is 0 Å². The molecule has 4 rings (SSSR count). The first-order chi connectivity index (χ1) is 13.8. The van der Waals surface area contributed by atoms with E-state index in [0.29, 0.717) is 22.2 Å². The largest absolute Gasteiger partial charge is 0.508 e. The standard InChI is InChI=1S/C22H19F2NO4/c1-12-16(11-21(27)29-15-3-2-4-15)17-10-14(26)6-8-20(17)25(12)22(28)13-5-7-18(23)19(24)9-13/h5-10,15,26H,2-4,11H2,1H3. The van der Waals surface area contributed by atoms with E-state index < -0.39 is 23.5 Å². The van der Waals surface area contributed by atoms with Gasteiger partial charge < -0.3 is 9.84 Å². The Hall–Kier alpha value is -3.22. The molecule has 1 aromatic heterocycles. The monoisotopic (exact) mass is 399 g/mol. The van der Waals surface area contributed by atoms with Crippen molar-refractivity contribution in [1.29, 1.82) is 0 Å². The number of fused-ring (bicyclic) bond motifs is 1. The fourth-order valence-electron chi connectivity index (χ4n) is 3.57. The topological polar surface area (TPSA) is 68.5 Å². The molecule has 1 heterocycles. The van der Waals surface area contributed by atoms with Gasteiger partial charge in [-0.3, -0.25) is 14.2 Å². The smallest absolute Gasteiger partial charge is 0.310 e. The summed E-state index contributed by atoms with van der Waals surface area (Å²) in [5.41, 5.74) is 1.46. The molecule has 1 saturated carbocycles. The summed E-state index contributed by atoms with van der Waals surface area (Å²) in [6.45, 7) is 1.67. The van der Waals surface area contributed by atoms with Crippen molar-refractivity contribution < 1.29 is 28.2 Å². The Morgan fingerprint density at radius 2 is 1.90 bits per heavy atom. The number of phenolic OH excluding ortho intramolecular Hbond substituents is 1. The van der Waals surface area contributed by atoms with Crippen LogP contribution < -0.4 is 0 Å². The van der Waals surface area contributed by atoms with Crippen LogP contribution in [0.4, 0.5) is 8.78 Å². The minimum Gasteiger partial charge on any atom is -0.508 e. The summed E-state index contributed by atoms with van der Waals surface area (Å²) >= 11 is 0. The second kappa shape index (κ2) is 7.31. The van der Waals surface area contributed by atoms with Crippen LogP contribution in [-0.2, 0) is 16.0 Å². The number of rotatable bonds is 4. The fraction of sp³-hybridized carbons (Fsp3) is 0.273.